The number of carbonyl (C=O) groups is 1. The average molecular weight is 467 g/mol. The first-order valence-electron chi connectivity index (χ1n) is 11.9. The van der Waals surface area contributed by atoms with Crippen LogP contribution in [0.15, 0.2) is 36.4 Å². The molecule has 1 aromatic heterocycles. The molecular formula is C26H34N4O2S. The Bertz CT molecular complexity index is 1050. The Morgan fingerprint density at radius 2 is 1.91 bits per heavy atom. The minimum atomic E-state index is -0.0465. The maximum atomic E-state index is 12.5. The van der Waals surface area contributed by atoms with E-state index in [1.807, 2.05) is 24.3 Å². The molecule has 0 aliphatic carbocycles. The van der Waals surface area contributed by atoms with Gasteiger partial charge in [0.2, 0.25) is 0 Å². The number of nitrogens with zero attached hydrogens (tertiary/aromatic N) is 3. The van der Waals surface area contributed by atoms with E-state index in [4.69, 9.17) is 9.72 Å². The molecule has 0 saturated carbocycles. The molecular weight excluding hydrogens is 432 g/mol. The number of thiazole rings is 1. The number of piperazine rings is 1. The van der Waals surface area contributed by atoms with Crippen LogP contribution in [0.5, 0.6) is 5.75 Å². The van der Waals surface area contributed by atoms with E-state index in [1.165, 1.54) is 15.8 Å². The first-order valence-corrected chi connectivity index (χ1v) is 12.7. The normalized spacial score (nSPS) is 14.6. The largest absolute Gasteiger partial charge is 0.494 e. The molecule has 0 radical (unpaired) electrons. The van der Waals surface area contributed by atoms with E-state index in [-0.39, 0.29) is 5.91 Å². The predicted octanol–water partition coefficient (Wildman–Crippen LogP) is 4.64. The van der Waals surface area contributed by atoms with Gasteiger partial charge in [-0.15, -0.1) is 0 Å². The van der Waals surface area contributed by atoms with Gasteiger partial charge in [0.25, 0.3) is 5.91 Å². The molecule has 0 unspecified atom stereocenters. The SMILES string of the molecule is CCCCOc1cccc(C(=O)NCCN2CCN(c3nc4c(C)ccc(C)c4s3)CC2)c1. The van der Waals surface area contributed by atoms with Crippen LogP contribution in [-0.4, -0.2) is 61.7 Å². The van der Waals surface area contributed by atoms with E-state index in [2.05, 4.69) is 48.0 Å². The quantitative estimate of drug-likeness (QED) is 0.466. The van der Waals surface area contributed by atoms with Crippen molar-refractivity contribution in [2.24, 2.45) is 0 Å². The highest BCUT2D eigenvalue weighted by atomic mass is 32.1. The molecule has 0 bridgehead atoms. The van der Waals surface area contributed by atoms with Crippen molar-refractivity contribution in [3.8, 4) is 5.75 Å². The molecule has 1 amide bonds. The third kappa shape index (κ3) is 5.84. The minimum Gasteiger partial charge on any atom is -0.494 e. The second-order valence-corrected chi connectivity index (χ2v) is 9.67. The molecule has 3 aromatic rings. The summed E-state index contributed by atoms with van der Waals surface area (Å²) < 4.78 is 7.02. The van der Waals surface area contributed by atoms with Gasteiger partial charge in [-0.3, -0.25) is 9.69 Å². The zero-order valence-electron chi connectivity index (χ0n) is 19.9. The van der Waals surface area contributed by atoms with Crippen LogP contribution in [0, 0.1) is 13.8 Å². The number of hydrogen-bond acceptors (Lipinski definition) is 6. The summed E-state index contributed by atoms with van der Waals surface area (Å²) in [5.41, 5.74) is 4.33. The van der Waals surface area contributed by atoms with Gasteiger partial charge in [0.05, 0.1) is 16.8 Å². The third-order valence-electron chi connectivity index (χ3n) is 6.15. The number of nitrogens with one attached hydrogen (secondary N) is 1. The summed E-state index contributed by atoms with van der Waals surface area (Å²) in [4.78, 5) is 22.3. The van der Waals surface area contributed by atoms with Gasteiger partial charge in [-0.25, -0.2) is 4.98 Å². The predicted molar refractivity (Wildman–Crippen MR) is 137 cm³/mol. The van der Waals surface area contributed by atoms with Gasteiger partial charge < -0.3 is 15.0 Å². The molecule has 2 aromatic carbocycles. The molecule has 33 heavy (non-hydrogen) atoms. The fourth-order valence-corrected chi connectivity index (χ4v) is 5.20. The van der Waals surface area contributed by atoms with Crippen LogP contribution in [0.2, 0.25) is 0 Å². The van der Waals surface area contributed by atoms with E-state index < -0.39 is 0 Å². The summed E-state index contributed by atoms with van der Waals surface area (Å²) in [6, 6.07) is 11.8. The van der Waals surface area contributed by atoms with Crippen LogP contribution in [0.1, 0.15) is 41.3 Å². The van der Waals surface area contributed by atoms with Crippen molar-refractivity contribution in [2.45, 2.75) is 33.6 Å². The van der Waals surface area contributed by atoms with Gasteiger partial charge >= 0.3 is 0 Å². The minimum absolute atomic E-state index is 0.0465. The fourth-order valence-electron chi connectivity index (χ4n) is 4.04. The van der Waals surface area contributed by atoms with Gasteiger partial charge in [0, 0.05) is 44.8 Å². The number of amides is 1. The topological polar surface area (TPSA) is 57.7 Å². The van der Waals surface area contributed by atoms with Crippen LogP contribution >= 0.6 is 11.3 Å². The van der Waals surface area contributed by atoms with Gasteiger partial charge in [-0.1, -0.05) is 42.9 Å². The Kier molecular flexibility index (Phi) is 7.83. The zero-order chi connectivity index (χ0) is 23.2. The number of carbonyl (C=O) groups excluding carboxylic acids is 1. The van der Waals surface area contributed by atoms with Crippen LogP contribution < -0.4 is 15.0 Å². The summed E-state index contributed by atoms with van der Waals surface area (Å²) >= 11 is 1.80. The Morgan fingerprint density at radius 3 is 2.67 bits per heavy atom. The lowest BCUT2D eigenvalue weighted by atomic mass is 10.1. The lowest BCUT2D eigenvalue weighted by Gasteiger charge is -2.34. The van der Waals surface area contributed by atoms with Crippen LogP contribution in [0.3, 0.4) is 0 Å². The van der Waals surface area contributed by atoms with Crippen molar-refractivity contribution in [3.63, 3.8) is 0 Å². The number of aryl methyl sites for hydroxylation is 2. The first kappa shape index (κ1) is 23.5. The van der Waals surface area contributed by atoms with Crippen molar-refractivity contribution in [1.29, 1.82) is 0 Å². The molecule has 0 spiro atoms. The Hall–Kier alpha value is -2.64. The number of benzene rings is 2. The molecule has 1 aliphatic rings. The number of hydrogen-bond donors (Lipinski definition) is 1. The van der Waals surface area contributed by atoms with E-state index in [9.17, 15) is 4.79 Å². The second kappa shape index (κ2) is 11.0. The molecule has 1 fully saturated rings. The standard InChI is InChI=1S/C26H34N4O2S/c1-4-5-17-32-22-8-6-7-21(18-22)25(31)27-11-12-29-13-15-30(16-14-29)26-28-23-19(2)9-10-20(3)24(23)33-26/h6-10,18H,4-5,11-17H2,1-3H3,(H,27,31). The van der Waals surface area contributed by atoms with Crippen molar-refractivity contribution in [3.05, 3.63) is 53.1 Å². The van der Waals surface area contributed by atoms with E-state index in [0.29, 0.717) is 18.7 Å². The first-order chi connectivity index (χ1) is 16.0. The van der Waals surface area contributed by atoms with E-state index in [1.54, 1.807) is 11.3 Å². The molecule has 1 N–H and O–H groups in total. The van der Waals surface area contributed by atoms with E-state index >= 15 is 0 Å². The highest BCUT2D eigenvalue weighted by molar-refractivity contribution is 7.22. The number of anilines is 1. The molecule has 1 saturated heterocycles. The number of ether oxygens (including phenoxy) is 1. The average Bonchev–Trinajstić information content (AvgIpc) is 3.29. The van der Waals surface area contributed by atoms with Crippen LogP contribution in [-0.2, 0) is 0 Å². The Balaban J connectivity index is 1.23. The molecule has 2 heterocycles. The summed E-state index contributed by atoms with van der Waals surface area (Å²) in [5.74, 6) is 0.710. The summed E-state index contributed by atoms with van der Waals surface area (Å²) in [6.07, 6.45) is 2.11. The van der Waals surface area contributed by atoms with Crippen molar-refractivity contribution in [1.82, 2.24) is 15.2 Å². The summed E-state index contributed by atoms with van der Waals surface area (Å²) in [5, 5.41) is 4.18. The smallest absolute Gasteiger partial charge is 0.251 e. The highest BCUT2D eigenvalue weighted by Gasteiger charge is 2.20. The molecule has 7 heteroatoms. The molecule has 6 nitrogen and oxygen atoms in total. The fraction of sp³-hybridized carbons (Fsp3) is 0.462. The highest BCUT2D eigenvalue weighted by Crippen LogP contribution is 2.33. The Morgan fingerprint density at radius 1 is 1.12 bits per heavy atom. The molecule has 0 atom stereocenters. The maximum absolute atomic E-state index is 12.5. The number of rotatable bonds is 9. The Labute approximate surface area is 200 Å². The molecule has 1 aliphatic heterocycles. The zero-order valence-corrected chi connectivity index (χ0v) is 20.7. The van der Waals surface area contributed by atoms with Crippen LogP contribution in [0.25, 0.3) is 10.2 Å². The third-order valence-corrected chi connectivity index (χ3v) is 7.40. The molecule has 4 rings (SSSR count). The number of aromatic nitrogens is 1. The lowest BCUT2D eigenvalue weighted by molar-refractivity contribution is 0.0947. The van der Waals surface area contributed by atoms with Gasteiger partial charge in [0.15, 0.2) is 5.13 Å². The van der Waals surface area contributed by atoms with Gasteiger partial charge in [-0.05, 0) is 49.6 Å². The second-order valence-electron chi connectivity index (χ2n) is 8.69. The lowest BCUT2D eigenvalue weighted by Crippen LogP contribution is -2.48. The van der Waals surface area contributed by atoms with Crippen molar-refractivity contribution >= 4 is 32.6 Å². The number of unbranched alkanes of at least 4 members (excludes halogenated alkanes) is 1. The monoisotopic (exact) mass is 466 g/mol. The van der Waals surface area contributed by atoms with Crippen molar-refractivity contribution < 1.29 is 9.53 Å². The summed E-state index contributed by atoms with van der Waals surface area (Å²) in [7, 11) is 0. The van der Waals surface area contributed by atoms with Crippen LogP contribution in [0.4, 0.5) is 5.13 Å². The van der Waals surface area contributed by atoms with Gasteiger partial charge in [0.1, 0.15) is 5.75 Å². The number of fused-ring (bicyclic) bond motifs is 1. The van der Waals surface area contributed by atoms with Gasteiger partial charge in [-0.2, -0.15) is 0 Å². The maximum Gasteiger partial charge on any atom is 0.251 e. The molecule has 176 valence electrons. The van der Waals surface area contributed by atoms with E-state index in [0.717, 1.165) is 62.0 Å². The van der Waals surface area contributed by atoms with Crippen molar-refractivity contribution in [2.75, 3.05) is 50.8 Å². The summed E-state index contributed by atoms with van der Waals surface area (Å²) in [6.45, 7) is 12.5.